The molecule has 0 bridgehead atoms. The van der Waals surface area contributed by atoms with Crippen molar-refractivity contribution in [2.75, 3.05) is 31.6 Å². The van der Waals surface area contributed by atoms with Crippen LogP contribution in [0.5, 0.6) is 0 Å². The first-order chi connectivity index (χ1) is 12.4. The van der Waals surface area contributed by atoms with Gasteiger partial charge in [-0.05, 0) is 45.1 Å². The summed E-state index contributed by atoms with van der Waals surface area (Å²) < 4.78 is 1.99. The predicted molar refractivity (Wildman–Crippen MR) is 126 cm³/mol. The van der Waals surface area contributed by atoms with E-state index < -0.39 is 0 Å². The summed E-state index contributed by atoms with van der Waals surface area (Å²) in [5, 5.41) is 15.5. The first-order valence-electron chi connectivity index (χ1n) is 9.55. The van der Waals surface area contributed by atoms with Crippen LogP contribution in [-0.2, 0) is 13.6 Å². The number of likely N-dealkylation sites (tertiary alicyclic amines) is 1. The highest BCUT2D eigenvalue weighted by Gasteiger charge is 2.31. The van der Waals surface area contributed by atoms with Crippen molar-refractivity contribution in [3.63, 3.8) is 0 Å². The summed E-state index contributed by atoms with van der Waals surface area (Å²) in [5.74, 6) is 4.44. The maximum atomic E-state index is 4.78. The standard InChI is InChI=1S/C18H35N7S.HI/c1-13(2)25-11-14(3)16(12-25)21-18(19-8-7-9-26-6)20-10-17-23-22-15(4)24(17)5;/h13-14,16H,7-12H2,1-6H3,(H2,19,20,21);1H. The molecule has 0 saturated carbocycles. The SMILES string of the molecule is CSCCCNC(=NCc1nnc(C)n1C)NC1CN(C(C)C)CC1C.I. The van der Waals surface area contributed by atoms with Crippen LogP contribution >= 0.6 is 35.7 Å². The molecule has 1 aromatic heterocycles. The molecule has 0 amide bonds. The number of hydrogen-bond donors (Lipinski definition) is 2. The number of hydrogen-bond acceptors (Lipinski definition) is 5. The molecule has 0 spiro atoms. The Morgan fingerprint density at radius 2 is 2.07 bits per heavy atom. The van der Waals surface area contributed by atoms with Crippen LogP contribution in [0.4, 0.5) is 0 Å². The summed E-state index contributed by atoms with van der Waals surface area (Å²) in [7, 11) is 1.98. The van der Waals surface area contributed by atoms with Crippen molar-refractivity contribution in [2.45, 2.75) is 52.7 Å². The monoisotopic (exact) mass is 509 g/mol. The zero-order chi connectivity index (χ0) is 19.1. The van der Waals surface area contributed by atoms with E-state index in [1.165, 1.54) is 0 Å². The second-order valence-electron chi connectivity index (χ2n) is 7.44. The molecule has 0 aliphatic carbocycles. The lowest BCUT2D eigenvalue weighted by Gasteiger charge is -2.22. The Kier molecular flexibility index (Phi) is 11.0. The zero-order valence-electron chi connectivity index (χ0n) is 17.5. The van der Waals surface area contributed by atoms with E-state index in [4.69, 9.17) is 4.99 Å². The third-order valence-electron chi connectivity index (χ3n) is 5.07. The summed E-state index contributed by atoms with van der Waals surface area (Å²) >= 11 is 1.88. The fraction of sp³-hybridized carbons (Fsp3) is 0.833. The molecule has 27 heavy (non-hydrogen) atoms. The number of thioether (sulfide) groups is 1. The van der Waals surface area contributed by atoms with Gasteiger partial charge in [0.05, 0.1) is 0 Å². The maximum Gasteiger partial charge on any atom is 0.191 e. The third-order valence-corrected chi connectivity index (χ3v) is 5.77. The lowest BCUT2D eigenvalue weighted by atomic mass is 10.1. The van der Waals surface area contributed by atoms with Crippen molar-refractivity contribution in [3.05, 3.63) is 11.6 Å². The van der Waals surface area contributed by atoms with Crippen molar-refractivity contribution in [1.29, 1.82) is 0 Å². The van der Waals surface area contributed by atoms with Gasteiger partial charge in [0.1, 0.15) is 12.4 Å². The molecule has 2 unspecified atom stereocenters. The van der Waals surface area contributed by atoms with Crippen molar-refractivity contribution in [1.82, 2.24) is 30.3 Å². The average Bonchev–Trinajstić information content (AvgIpc) is 3.13. The number of aliphatic imine (C=N–C) groups is 1. The molecular formula is C18H36IN7S. The number of halogens is 1. The highest BCUT2D eigenvalue weighted by molar-refractivity contribution is 14.0. The van der Waals surface area contributed by atoms with E-state index in [1.807, 2.05) is 30.3 Å². The molecule has 0 radical (unpaired) electrons. The maximum absolute atomic E-state index is 4.78. The average molecular weight is 510 g/mol. The van der Waals surface area contributed by atoms with Crippen LogP contribution in [0.25, 0.3) is 0 Å². The Labute approximate surface area is 185 Å². The quantitative estimate of drug-likeness (QED) is 0.243. The summed E-state index contributed by atoms with van der Waals surface area (Å²) in [6.07, 6.45) is 3.27. The van der Waals surface area contributed by atoms with E-state index in [2.05, 4.69) is 52.8 Å². The van der Waals surface area contributed by atoms with Gasteiger partial charge in [-0.3, -0.25) is 4.90 Å². The van der Waals surface area contributed by atoms with Crippen LogP contribution in [0.15, 0.2) is 4.99 Å². The van der Waals surface area contributed by atoms with Crippen molar-refractivity contribution >= 4 is 41.7 Å². The lowest BCUT2D eigenvalue weighted by Crippen LogP contribution is -2.47. The van der Waals surface area contributed by atoms with Gasteiger partial charge in [0, 0.05) is 38.8 Å². The molecule has 2 N–H and O–H groups in total. The van der Waals surface area contributed by atoms with Crippen LogP contribution < -0.4 is 10.6 Å². The minimum atomic E-state index is 0. The van der Waals surface area contributed by atoms with Crippen molar-refractivity contribution in [3.8, 4) is 0 Å². The number of rotatable bonds is 8. The van der Waals surface area contributed by atoms with Gasteiger partial charge in [0.2, 0.25) is 0 Å². The Morgan fingerprint density at radius 1 is 1.33 bits per heavy atom. The molecule has 1 aromatic rings. The first kappa shape index (κ1) is 24.5. The molecule has 7 nitrogen and oxygen atoms in total. The fourth-order valence-electron chi connectivity index (χ4n) is 3.10. The van der Waals surface area contributed by atoms with Gasteiger partial charge >= 0.3 is 0 Å². The van der Waals surface area contributed by atoms with E-state index in [0.29, 0.717) is 24.5 Å². The largest absolute Gasteiger partial charge is 0.356 e. The summed E-state index contributed by atoms with van der Waals surface area (Å²) in [6.45, 7) is 12.5. The molecule has 1 fully saturated rings. The topological polar surface area (TPSA) is 70.4 Å². The van der Waals surface area contributed by atoms with E-state index >= 15 is 0 Å². The molecular weight excluding hydrogens is 473 g/mol. The molecule has 2 rings (SSSR count). The molecule has 1 saturated heterocycles. The minimum Gasteiger partial charge on any atom is -0.356 e. The van der Waals surface area contributed by atoms with Crippen LogP contribution in [0, 0.1) is 12.8 Å². The highest BCUT2D eigenvalue weighted by Crippen LogP contribution is 2.18. The minimum absolute atomic E-state index is 0. The number of nitrogens with zero attached hydrogens (tertiary/aromatic N) is 5. The fourth-order valence-corrected chi connectivity index (χ4v) is 3.54. The van der Waals surface area contributed by atoms with E-state index in [1.54, 1.807) is 0 Å². The number of guanidine groups is 1. The highest BCUT2D eigenvalue weighted by atomic mass is 127. The predicted octanol–water partition coefficient (Wildman–Crippen LogP) is 2.26. The molecule has 9 heteroatoms. The van der Waals surface area contributed by atoms with Gasteiger partial charge in [-0.25, -0.2) is 4.99 Å². The van der Waals surface area contributed by atoms with Gasteiger partial charge < -0.3 is 15.2 Å². The van der Waals surface area contributed by atoms with Crippen LogP contribution in [-0.4, -0.2) is 69.4 Å². The Morgan fingerprint density at radius 3 is 2.63 bits per heavy atom. The summed E-state index contributed by atoms with van der Waals surface area (Å²) in [6, 6.07) is 1.01. The molecule has 2 atom stereocenters. The van der Waals surface area contributed by atoms with Gasteiger partial charge in [-0.2, -0.15) is 11.8 Å². The van der Waals surface area contributed by atoms with Crippen molar-refractivity contribution < 1.29 is 0 Å². The lowest BCUT2D eigenvalue weighted by molar-refractivity contribution is 0.265. The second kappa shape index (κ2) is 12.1. The molecule has 1 aliphatic rings. The normalized spacial score (nSPS) is 20.8. The molecule has 156 valence electrons. The Bertz CT molecular complexity index is 590. The summed E-state index contributed by atoms with van der Waals surface area (Å²) in [4.78, 5) is 7.31. The number of aryl methyl sites for hydroxylation is 1. The zero-order valence-corrected chi connectivity index (χ0v) is 20.7. The Hall–Kier alpha value is -0.550. The first-order valence-corrected chi connectivity index (χ1v) is 10.9. The second-order valence-corrected chi connectivity index (χ2v) is 8.42. The van der Waals surface area contributed by atoms with E-state index in [9.17, 15) is 0 Å². The van der Waals surface area contributed by atoms with Gasteiger partial charge in [-0.1, -0.05) is 6.92 Å². The van der Waals surface area contributed by atoms with E-state index in [-0.39, 0.29) is 24.0 Å². The van der Waals surface area contributed by atoms with Gasteiger partial charge in [0.25, 0.3) is 0 Å². The van der Waals surface area contributed by atoms with Crippen LogP contribution in [0.3, 0.4) is 0 Å². The molecule has 1 aliphatic heterocycles. The van der Waals surface area contributed by atoms with Crippen LogP contribution in [0.2, 0.25) is 0 Å². The Balaban J connectivity index is 0.00000364. The number of aromatic nitrogens is 3. The smallest absolute Gasteiger partial charge is 0.191 e. The van der Waals surface area contributed by atoms with Crippen LogP contribution in [0.1, 0.15) is 38.8 Å². The van der Waals surface area contributed by atoms with E-state index in [0.717, 1.165) is 49.4 Å². The molecule has 2 heterocycles. The number of nitrogens with one attached hydrogen (secondary N) is 2. The van der Waals surface area contributed by atoms with Gasteiger partial charge in [0.15, 0.2) is 11.8 Å². The van der Waals surface area contributed by atoms with Gasteiger partial charge in [-0.15, -0.1) is 34.2 Å². The third kappa shape index (κ3) is 7.41. The molecule has 0 aromatic carbocycles. The summed E-state index contributed by atoms with van der Waals surface area (Å²) in [5.41, 5.74) is 0. The van der Waals surface area contributed by atoms with Crippen molar-refractivity contribution in [2.24, 2.45) is 18.0 Å².